The van der Waals surface area contributed by atoms with Crippen molar-refractivity contribution in [1.82, 2.24) is 4.90 Å². The van der Waals surface area contributed by atoms with Gasteiger partial charge in [0.05, 0.1) is 23.1 Å². The molecule has 0 N–H and O–H groups in total. The third-order valence-electron chi connectivity index (χ3n) is 3.61. The van der Waals surface area contributed by atoms with Gasteiger partial charge >= 0.3 is 0 Å². The molecule has 112 valence electrons. The second-order valence-corrected chi connectivity index (χ2v) is 7.48. The average Bonchev–Trinajstić information content (AvgIpc) is 2.84. The first-order valence-corrected chi connectivity index (χ1v) is 8.80. The Morgan fingerprint density at radius 1 is 1.48 bits per heavy atom. The van der Waals surface area contributed by atoms with Crippen LogP contribution in [0.25, 0.3) is 0 Å². The highest BCUT2D eigenvalue weighted by Gasteiger charge is 2.34. The van der Waals surface area contributed by atoms with Gasteiger partial charge in [-0.3, -0.25) is 4.79 Å². The Kier molecular flexibility index (Phi) is 4.63. The largest absolute Gasteiger partial charge is 0.335 e. The highest BCUT2D eigenvalue weighted by Crippen LogP contribution is 2.20. The Balaban J connectivity index is 2.25. The predicted molar refractivity (Wildman–Crippen MR) is 79.5 cm³/mol. The molecule has 1 aliphatic heterocycles. The molecule has 1 saturated heterocycles. The molecule has 1 aliphatic rings. The fourth-order valence-corrected chi connectivity index (χ4v) is 4.33. The second-order valence-electron chi connectivity index (χ2n) is 5.25. The number of rotatable bonds is 4. The van der Waals surface area contributed by atoms with E-state index in [4.69, 9.17) is 5.26 Å². The van der Waals surface area contributed by atoms with Crippen LogP contribution in [0.2, 0.25) is 0 Å². The van der Waals surface area contributed by atoms with Gasteiger partial charge in [0.15, 0.2) is 9.84 Å². The molecule has 1 atom stereocenters. The molecule has 1 fully saturated rings. The molecular weight excluding hydrogens is 288 g/mol. The molecule has 1 aromatic carbocycles. The van der Waals surface area contributed by atoms with E-state index in [2.05, 4.69) is 0 Å². The maximum absolute atomic E-state index is 12.6. The summed E-state index contributed by atoms with van der Waals surface area (Å²) in [6.07, 6.45) is 1.26. The molecule has 1 heterocycles. The average molecular weight is 306 g/mol. The Bertz CT molecular complexity index is 676. The van der Waals surface area contributed by atoms with Gasteiger partial charge < -0.3 is 4.90 Å². The van der Waals surface area contributed by atoms with E-state index in [-0.39, 0.29) is 23.5 Å². The molecule has 0 aromatic heterocycles. The lowest BCUT2D eigenvalue weighted by Crippen LogP contribution is -2.41. The molecule has 0 spiro atoms. The molecule has 0 radical (unpaired) electrons. The molecule has 21 heavy (non-hydrogen) atoms. The standard InChI is InChI=1S/C15H18N2O3S/c1-2-7-17(14-6-8-21(19,20)11-14)15(18)13-5-3-4-12(9-13)10-16/h3-5,9,14H,2,6-8,11H2,1H3/t14-/m1/s1. The first-order valence-electron chi connectivity index (χ1n) is 6.98. The molecule has 5 nitrogen and oxygen atoms in total. The number of benzene rings is 1. The van der Waals surface area contributed by atoms with Crippen molar-refractivity contribution in [1.29, 1.82) is 5.26 Å². The van der Waals surface area contributed by atoms with Crippen LogP contribution in [0.5, 0.6) is 0 Å². The fraction of sp³-hybridized carbons (Fsp3) is 0.467. The van der Waals surface area contributed by atoms with Gasteiger partial charge in [-0.2, -0.15) is 5.26 Å². The normalized spacial score (nSPS) is 19.9. The van der Waals surface area contributed by atoms with E-state index >= 15 is 0 Å². The first kappa shape index (κ1) is 15.5. The van der Waals surface area contributed by atoms with Gasteiger partial charge in [0.1, 0.15) is 0 Å². The van der Waals surface area contributed by atoms with Crippen LogP contribution in [0.15, 0.2) is 24.3 Å². The van der Waals surface area contributed by atoms with Crippen molar-refractivity contribution in [2.24, 2.45) is 0 Å². The van der Waals surface area contributed by atoms with Crippen LogP contribution >= 0.6 is 0 Å². The number of carbonyl (C=O) groups is 1. The number of carbonyl (C=O) groups excluding carboxylic acids is 1. The molecule has 0 unspecified atom stereocenters. The maximum Gasteiger partial charge on any atom is 0.254 e. The minimum atomic E-state index is -3.03. The van der Waals surface area contributed by atoms with Crippen molar-refractivity contribution in [2.45, 2.75) is 25.8 Å². The minimum Gasteiger partial charge on any atom is -0.335 e. The summed E-state index contributed by atoms with van der Waals surface area (Å²) in [5.74, 6) is -0.0175. The van der Waals surface area contributed by atoms with E-state index < -0.39 is 9.84 Å². The van der Waals surface area contributed by atoms with Crippen molar-refractivity contribution in [3.8, 4) is 6.07 Å². The lowest BCUT2D eigenvalue weighted by atomic mass is 10.1. The molecular formula is C15H18N2O3S. The van der Waals surface area contributed by atoms with Crippen LogP contribution in [-0.4, -0.2) is 43.3 Å². The van der Waals surface area contributed by atoms with Crippen LogP contribution in [-0.2, 0) is 9.84 Å². The molecule has 0 bridgehead atoms. The number of nitriles is 1. The van der Waals surface area contributed by atoms with Crippen LogP contribution in [0.1, 0.15) is 35.7 Å². The smallest absolute Gasteiger partial charge is 0.254 e. The predicted octanol–water partition coefficient (Wildman–Crippen LogP) is 1.60. The quantitative estimate of drug-likeness (QED) is 0.846. The topological polar surface area (TPSA) is 78.2 Å². The maximum atomic E-state index is 12.6. The van der Waals surface area contributed by atoms with Crippen molar-refractivity contribution >= 4 is 15.7 Å². The van der Waals surface area contributed by atoms with E-state index in [1.807, 2.05) is 13.0 Å². The molecule has 1 aromatic rings. The third kappa shape index (κ3) is 3.61. The van der Waals surface area contributed by atoms with Gasteiger partial charge in [-0.05, 0) is 31.0 Å². The van der Waals surface area contributed by atoms with Gasteiger partial charge in [-0.15, -0.1) is 0 Å². The first-order chi connectivity index (χ1) is 9.96. The van der Waals surface area contributed by atoms with E-state index in [1.165, 1.54) is 0 Å². The van der Waals surface area contributed by atoms with Gasteiger partial charge in [-0.25, -0.2) is 8.42 Å². The summed E-state index contributed by atoms with van der Waals surface area (Å²) >= 11 is 0. The van der Waals surface area contributed by atoms with E-state index in [9.17, 15) is 13.2 Å². The Labute approximate surface area is 125 Å². The number of sulfone groups is 1. The van der Waals surface area contributed by atoms with Crippen LogP contribution in [0.3, 0.4) is 0 Å². The highest BCUT2D eigenvalue weighted by atomic mass is 32.2. The lowest BCUT2D eigenvalue weighted by molar-refractivity contribution is 0.0697. The highest BCUT2D eigenvalue weighted by molar-refractivity contribution is 7.91. The molecule has 0 aliphatic carbocycles. The Morgan fingerprint density at radius 2 is 2.24 bits per heavy atom. The molecule has 6 heteroatoms. The summed E-state index contributed by atoms with van der Waals surface area (Å²) in [6, 6.07) is 8.27. The van der Waals surface area contributed by atoms with Gasteiger partial charge in [0.25, 0.3) is 5.91 Å². The lowest BCUT2D eigenvalue weighted by Gasteiger charge is -2.28. The Morgan fingerprint density at radius 3 is 2.81 bits per heavy atom. The van der Waals surface area contributed by atoms with Gasteiger partial charge in [0, 0.05) is 18.2 Å². The third-order valence-corrected chi connectivity index (χ3v) is 5.36. The molecule has 1 amide bonds. The van der Waals surface area contributed by atoms with Crippen molar-refractivity contribution in [2.75, 3.05) is 18.1 Å². The monoisotopic (exact) mass is 306 g/mol. The van der Waals surface area contributed by atoms with Crippen LogP contribution in [0.4, 0.5) is 0 Å². The number of hydrogen-bond donors (Lipinski definition) is 0. The SMILES string of the molecule is CCCN(C(=O)c1cccc(C#N)c1)[C@@H]1CCS(=O)(=O)C1. The van der Waals surface area contributed by atoms with Gasteiger partial charge in [0.2, 0.25) is 0 Å². The zero-order valence-electron chi connectivity index (χ0n) is 11.9. The summed E-state index contributed by atoms with van der Waals surface area (Å²) in [6.45, 7) is 2.48. The van der Waals surface area contributed by atoms with E-state index in [1.54, 1.807) is 29.2 Å². The molecule has 0 saturated carbocycles. The summed E-state index contributed by atoms with van der Waals surface area (Å²) in [7, 11) is -3.03. The minimum absolute atomic E-state index is 0.0384. The summed E-state index contributed by atoms with van der Waals surface area (Å²) in [5.41, 5.74) is 0.864. The van der Waals surface area contributed by atoms with Crippen LogP contribution in [0, 0.1) is 11.3 Å². The van der Waals surface area contributed by atoms with Crippen LogP contribution < -0.4 is 0 Å². The molecule has 2 rings (SSSR count). The summed E-state index contributed by atoms with van der Waals surface area (Å²) < 4.78 is 23.3. The van der Waals surface area contributed by atoms with Gasteiger partial charge in [-0.1, -0.05) is 13.0 Å². The number of amides is 1. The van der Waals surface area contributed by atoms with E-state index in [0.717, 1.165) is 6.42 Å². The zero-order chi connectivity index (χ0) is 15.5. The van der Waals surface area contributed by atoms with Crippen molar-refractivity contribution < 1.29 is 13.2 Å². The Hall–Kier alpha value is -1.87. The zero-order valence-corrected chi connectivity index (χ0v) is 12.8. The van der Waals surface area contributed by atoms with Crippen molar-refractivity contribution in [3.05, 3.63) is 35.4 Å². The second kappa shape index (κ2) is 6.27. The number of hydrogen-bond acceptors (Lipinski definition) is 4. The van der Waals surface area contributed by atoms with Crippen molar-refractivity contribution in [3.63, 3.8) is 0 Å². The summed E-state index contributed by atoms with van der Waals surface area (Å²) in [5, 5.41) is 8.91. The number of nitrogens with zero attached hydrogens (tertiary/aromatic N) is 2. The van der Waals surface area contributed by atoms with E-state index in [0.29, 0.717) is 24.1 Å². The fourth-order valence-electron chi connectivity index (χ4n) is 2.60. The summed E-state index contributed by atoms with van der Waals surface area (Å²) in [4.78, 5) is 14.3.